The highest BCUT2D eigenvalue weighted by Crippen LogP contribution is 2.39. The van der Waals surface area contributed by atoms with Crippen LogP contribution in [0.4, 0.5) is 13.2 Å². The van der Waals surface area contributed by atoms with Gasteiger partial charge in [0.2, 0.25) is 17.3 Å². The van der Waals surface area contributed by atoms with Crippen molar-refractivity contribution in [2.75, 3.05) is 41.0 Å². The van der Waals surface area contributed by atoms with E-state index in [2.05, 4.69) is 32.1 Å². The zero-order valence-corrected chi connectivity index (χ0v) is 37.4. The summed E-state index contributed by atoms with van der Waals surface area (Å²) in [7, 11) is 4.47. The van der Waals surface area contributed by atoms with Crippen LogP contribution in [0.2, 0.25) is 10.0 Å². The molecule has 0 radical (unpaired) electrons. The molecule has 6 aromatic rings. The summed E-state index contributed by atoms with van der Waals surface area (Å²) >= 11 is 12.8. The number of H-pyrrole nitrogens is 1. The van der Waals surface area contributed by atoms with E-state index in [0.29, 0.717) is 93.8 Å². The van der Waals surface area contributed by atoms with Crippen LogP contribution in [-0.4, -0.2) is 95.1 Å². The van der Waals surface area contributed by atoms with Gasteiger partial charge >= 0.3 is 6.18 Å². The first-order valence-corrected chi connectivity index (χ1v) is 21.9. The van der Waals surface area contributed by atoms with Crippen LogP contribution in [0.15, 0.2) is 72.8 Å². The van der Waals surface area contributed by atoms with Crippen molar-refractivity contribution in [3.8, 4) is 17.2 Å². The second-order valence-corrected chi connectivity index (χ2v) is 16.7. The van der Waals surface area contributed by atoms with Gasteiger partial charge in [-0.3, -0.25) is 14.4 Å². The van der Waals surface area contributed by atoms with Crippen molar-refractivity contribution in [1.82, 2.24) is 29.7 Å². The van der Waals surface area contributed by atoms with Crippen molar-refractivity contribution in [3.63, 3.8) is 0 Å². The van der Waals surface area contributed by atoms with Gasteiger partial charge in [-0.1, -0.05) is 54.4 Å². The number of carbonyl (C=O) groups is 3. The van der Waals surface area contributed by atoms with Gasteiger partial charge in [0, 0.05) is 43.0 Å². The fraction of sp³-hybridized carbons (Fsp3) is 0.383. The van der Waals surface area contributed by atoms with Crippen molar-refractivity contribution in [1.29, 1.82) is 0 Å². The van der Waals surface area contributed by atoms with Gasteiger partial charge in [-0.25, -0.2) is 9.97 Å². The predicted octanol–water partition coefficient (Wildman–Crippen LogP) is 10.1. The molecule has 338 valence electrons. The average molecular weight is 922 g/mol. The second-order valence-electron chi connectivity index (χ2n) is 15.9. The molecule has 1 fully saturated rings. The largest absolute Gasteiger partial charge is 0.493 e. The number of aryl methyl sites for hydroxylation is 1. The van der Waals surface area contributed by atoms with Crippen LogP contribution in [0.1, 0.15) is 94.1 Å². The quantitative estimate of drug-likeness (QED) is 0.0807. The highest BCUT2D eigenvalue weighted by atomic mass is 35.5. The van der Waals surface area contributed by atoms with E-state index < -0.39 is 18.4 Å². The number of benzene rings is 4. The molecule has 3 heterocycles. The molecule has 12 nitrogen and oxygen atoms in total. The van der Waals surface area contributed by atoms with Crippen LogP contribution in [0.25, 0.3) is 22.1 Å². The monoisotopic (exact) mass is 920 g/mol. The Hall–Kier alpha value is -5.64. The molecule has 2 N–H and O–H groups in total. The Morgan fingerprint density at radius 3 is 2.28 bits per heavy atom. The number of hydrogen-bond acceptors (Lipinski definition) is 9. The summed E-state index contributed by atoms with van der Waals surface area (Å²) in [6.45, 7) is 3.66. The van der Waals surface area contributed by atoms with Crippen molar-refractivity contribution in [2.45, 2.75) is 70.1 Å². The molecule has 1 aliphatic heterocycles. The summed E-state index contributed by atoms with van der Waals surface area (Å²) in [5.74, 6) is -0.209. The Kier molecular flexibility index (Phi) is 14.5. The summed E-state index contributed by atoms with van der Waals surface area (Å²) in [6.07, 6.45) is -2.90. The lowest BCUT2D eigenvalue weighted by molar-refractivity contribution is -0.135. The minimum atomic E-state index is -4.33. The predicted molar refractivity (Wildman–Crippen MR) is 240 cm³/mol. The number of nitrogens with zero attached hydrogens (tertiary/aromatic N) is 4. The fourth-order valence-electron chi connectivity index (χ4n) is 8.62. The Morgan fingerprint density at radius 2 is 1.62 bits per heavy atom. The third-order valence-corrected chi connectivity index (χ3v) is 12.7. The number of nitrogens with one attached hydrogen (secondary N) is 2. The van der Waals surface area contributed by atoms with Crippen LogP contribution in [0.5, 0.6) is 17.2 Å². The standard InChI is InChI=1S/C47H49Cl2F3N6O6/c1-5-31(22-30(28-14-15-33(48)34(49)23-28)26-53-46(61)29-24-38(62-2)43(64-4)39(25-29)63-3)57-20-16-27(17-21-57)41(59)44-54-36-12-8-10-32(40(36)56-44)42(60)45-55-35-11-6-7-13-37(35)58(45)19-9-18-47(50,51)52/h6-8,10-15,23-25,27,30-31H,5,9,16-22,26H2,1-4H3,(H,53,61)(H,54,56). The van der Waals surface area contributed by atoms with Crippen LogP contribution >= 0.6 is 23.2 Å². The van der Waals surface area contributed by atoms with Gasteiger partial charge in [0.15, 0.2) is 23.1 Å². The Balaban J connectivity index is 1.04. The van der Waals surface area contributed by atoms with Crippen molar-refractivity contribution in [2.24, 2.45) is 5.92 Å². The van der Waals surface area contributed by atoms with Crippen molar-refractivity contribution < 1.29 is 41.8 Å². The molecule has 0 saturated carbocycles. The van der Waals surface area contributed by atoms with Gasteiger partial charge in [0.1, 0.15) is 5.52 Å². The van der Waals surface area contributed by atoms with Crippen LogP contribution in [0.3, 0.4) is 0 Å². The van der Waals surface area contributed by atoms with Gasteiger partial charge in [0.25, 0.3) is 5.91 Å². The molecule has 2 aromatic heterocycles. The topological polar surface area (TPSA) is 141 Å². The van der Waals surface area contributed by atoms with E-state index in [1.165, 1.54) is 25.9 Å². The van der Waals surface area contributed by atoms with E-state index in [4.69, 9.17) is 37.4 Å². The molecule has 1 saturated heterocycles. The summed E-state index contributed by atoms with van der Waals surface area (Å²) in [6, 6.07) is 20.7. The first-order valence-electron chi connectivity index (χ1n) is 21.1. The third kappa shape index (κ3) is 10.2. The molecule has 2 unspecified atom stereocenters. The van der Waals surface area contributed by atoms with Gasteiger partial charge in [0.05, 0.1) is 53.5 Å². The Morgan fingerprint density at radius 1 is 0.906 bits per heavy atom. The summed E-state index contributed by atoms with van der Waals surface area (Å²) < 4.78 is 57.1. The fourth-order valence-corrected chi connectivity index (χ4v) is 8.93. The maximum Gasteiger partial charge on any atom is 0.389 e. The van der Waals surface area contributed by atoms with E-state index in [-0.39, 0.29) is 59.7 Å². The molecule has 0 bridgehead atoms. The van der Waals surface area contributed by atoms with Crippen LogP contribution < -0.4 is 19.5 Å². The number of ketones is 2. The SMILES string of the molecule is CCC(CC(CNC(=O)c1cc(OC)c(OC)c(OC)c1)c1ccc(Cl)c(Cl)c1)N1CCC(C(=O)c2nc3c(C(=O)c4nc5ccccc5n4CCCC(F)(F)F)cccc3[nH]2)CC1. The first kappa shape index (κ1) is 46.4. The zero-order valence-electron chi connectivity index (χ0n) is 35.9. The number of likely N-dealkylation sites (tertiary alicyclic amines) is 1. The average Bonchev–Trinajstić information content (AvgIpc) is 3.91. The molecular formula is C47H49Cl2F3N6O6. The number of carbonyl (C=O) groups excluding carboxylic acids is 3. The number of halogens is 5. The number of hydrogen-bond donors (Lipinski definition) is 2. The van der Waals surface area contributed by atoms with E-state index in [1.807, 2.05) is 12.1 Å². The maximum absolute atomic E-state index is 14.1. The van der Waals surface area contributed by atoms with Gasteiger partial charge in [-0.15, -0.1) is 0 Å². The van der Waals surface area contributed by atoms with Crippen molar-refractivity contribution >= 4 is 62.7 Å². The number of imidazole rings is 2. The highest BCUT2D eigenvalue weighted by Gasteiger charge is 2.33. The molecule has 0 spiro atoms. The number of rotatable bonds is 18. The summed E-state index contributed by atoms with van der Waals surface area (Å²) in [4.78, 5) is 56.5. The second kappa shape index (κ2) is 20.0. The molecule has 2 atom stereocenters. The number of methoxy groups -OCH3 is 3. The maximum atomic E-state index is 14.1. The molecule has 17 heteroatoms. The first-order chi connectivity index (χ1) is 30.7. The molecule has 0 aliphatic carbocycles. The molecule has 1 amide bonds. The van der Waals surface area contributed by atoms with Gasteiger partial charge in [-0.05, 0) is 99.3 Å². The third-order valence-electron chi connectivity index (χ3n) is 12.0. The lowest BCUT2D eigenvalue weighted by Crippen LogP contribution is -2.44. The smallest absolute Gasteiger partial charge is 0.389 e. The molecule has 1 aliphatic rings. The minimum absolute atomic E-state index is 0.00644. The van der Waals surface area contributed by atoms with Gasteiger partial charge in [-0.2, -0.15) is 13.2 Å². The van der Waals surface area contributed by atoms with Crippen molar-refractivity contribution in [3.05, 3.63) is 111 Å². The number of amides is 1. The Bertz CT molecular complexity index is 2630. The lowest BCUT2D eigenvalue weighted by atomic mass is 9.87. The number of aromatic nitrogens is 4. The van der Waals surface area contributed by atoms with Crippen LogP contribution in [0, 0.1) is 5.92 Å². The Labute approximate surface area is 378 Å². The van der Waals surface area contributed by atoms with E-state index in [9.17, 15) is 27.6 Å². The number of ether oxygens (including phenoxy) is 3. The highest BCUT2D eigenvalue weighted by molar-refractivity contribution is 6.42. The lowest BCUT2D eigenvalue weighted by Gasteiger charge is -2.38. The van der Waals surface area contributed by atoms with Crippen LogP contribution in [-0.2, 0) is 6.54 Å². The van der Waals surface area contributed by atoms with E-state index >= 15 is 0 Å². The normalized spacial score (nSPS) is 14.7. The molecule has 7 rings (SSSR count). The van der Waals surface area contributed by atoms with E-state index in [0.717, 1.165) is 12.0 Å². The molecule has 4 aromatic carbocycles. The van der Waals surface area contributed by atoms with Gasteiger partial charge < -0.3 is 34.0 Å². The molecule has 64 heavy (non-hydrogen) atoms. The van der Waals surface area contributed by atoms with E-state index in [1.54, 1.807) is 60.7 Å². The number of para-hydroxylation sites is 3. The summed E-state index contributed by atoms with van der Waals surface area (Å²) in [5.41, 5.74) is 3.28. The number of piperidine rings is 1. The number of fused-ring (bicyclic) bond motifs is 2. The zero-order chi connectivity index (χ0) is 45.7. The number of Topliss-reactive ketones (excluding diaryl/α,β-unsaturated/α-hetero) is 1. The number of alkyl halides is 3. The molecular weight excluding hydrogens is 872 g/mol. The minimum Gasteiger partial charge on any atom is -0.493 e. The number of aromatic amines is 1. The summed E-state index contributed by atoms with van der Waals surface area (Å²) in [5, 5.41) is 3.93.